The third-order valence-electron chi connectivity index (χ3n) is 3.62. The molecule has 1 saturated heterocycles. The Balaban J connectivity index is 2.53. The molecule has 0 amide bonds. The lowest BCUT2D eigenvalue weighted by Gasteiger charge is -2.40. The highest BCUT2D eigenvalue weighted by atomic mass is 16.5. The van der Waals surface area contributed by atoms with E-state index in [-0.39, 0.29) is 6.54 Å². The number of ether oxygens (including phenoxy) is 1. The summed E-state index contributed by atoms with van der Waals surface area (Å²) in [6, 6.07) is 0.889. The van der Waals surface area contributed by atoms with Crippen molar-refractivity contribution in [2.24, 2.45) is 0 Å². The van der Waals surface area contributed by atoms with Crippen LogP contribution in [0.1, 0.15) is 19.8 Å². The molecule has 0 radical (unpaired) electrons. The number of nitrogens with zero attached hydrogens (tertiary/aromatic N) is 2. The van der Waals surface area contributed by atoms with E-state index < -0.39 is 5.97 Å². The van der Waals surface area contributed by atoms with Crippen molar-refractivity contribution in [2.45, 2.75) is 31.8 Å². The van der Waals surface area contributed by atoms with Gasteiger partial charge in [-0.05, 0) is 33.4 Å². The molecule has 0 aromatic heterocycles. The lowest BCUT2D eigenvalue weighted by atomic mass is 9.97. The number of piperidine rings is 1. The number of carboxylic acid groups (broad SMARTS) is 1. The average Bonchev–Trinajstić information content (AvgIpc) is 2.27. The van der Waals surface area contributed by atoms with Gasteiger partial charge in [0.05, 0.1) is 13.2 Å². The molecule has 0 saturated carbocycles. The van der Waals surface area contributed by atoms with E-state index >= 15 is 0 Å². The fraction of sp³-hybridized carbons (Fsp3) is 0.917. The van der Waals surface area contributed by atoms with Crippen LogP contribution >= 0.6 is 0 Å². The zero-order valence-corrected chi connectivity index (χ0v) is 11.1. The second-order valence-electron chi connectivity index (χ2n) is 4.86. The molecule has 5 nitrogen and oxygen atoms in total. The first-order chi connectivity index (χ1) is 8.04. The van der Waals surface area contributed by atoms with Gasteiger partial charge in [0.2, 0.25) is 0 Å². The first kappa shape index (κ1) is 14.4. The number of likely N-dealkylation sites (tertiary alicyclic amines) is 1. The van der Waals surface area contributed by atoms with Gasteiger partial charge in [-0.3, -0.25) is 9.69 Å². The first-order valence-electron chi connectivity index (χ1n) is 6.19. The van der Waals surface area contributed by atoms with Crippen molar-refractivity contribution in [3.05, 3.63) is 0 Å². The van der Waals surface area contributed by atoms with Crippen LogP contribution in [-0.2, 0) is 9.53 Å². The molecule has 100 valence electrons. The third-order valence-corrected chi connectivity index (χ3v) is 3.62. The predicted molar refractivity (Wildman–Crippen MR) is 66.2 cm³/mol. The van der Waals surface area contributed by atoms with E-state index in [0.29, 0.717) is 25.2 Å². The zero-order chi connectivity index (χ0) is 12.8. The van der Waals surface area contributed by atoms with Crippen LogP contribution in [0, 0.1) is 0 Å². The average molecular weight is 244 g/mol. The molecule has 0 aromatic carbocycles. The Labute approximate surface area is 103 Å². The van der Waals surface area contributed by atoms with Crippen LogP contribution in [0.15, 0.2) is 0 Å². The number of methoxy groups -OCH3 is 1. The molecule has 2 unspecified atom stereocenters. The minimum Gasteiger partial charge on any atom is -0.480 e. The Hall–Kier alpha value is -0.650. The standard InChI is InChI=1S/C12H24N2O3/c1-10-8-11(4-5-13(10)2)14(6-7-17-3)9-12(15)16/h10-11H,4-9H2,1-3H3,(H,15,16). The summed E-state index contributed by atoms with van der Waals surface area (Å²) in [7, 11) is 3.77. The monoisotopic (exact) mass is 244 g/mol. The highest BCUT2D eigenvalue weighted by Gasteiger charge is 2.28. The van der Waals surface area contributed by atoms with Gasteiger partial charge in [-0.2, -0.15) is 0 Å². The second kappa shape index (κ2) is 6.93. The Kier molecular flexibility index (Phi) is 5.88. The predicted octanol–water partition coefficient (Wildman–Crippen LogP) is 0.502. The molecule has 5 heteroatoms. The van der Waals surface area contributed by atoms with E-state index in [0.717, 1.165) is 19.4 Å². The molecule has 2 atom stereocenters. The van der Waals surface area contributed by atoms with Gasteiger partial charge in [-0.25, -0.2) is 0 Å². The molecule has 1 rings (SSSR count). The van der Waals surface area contributed by atoms with Gasteiger partial charge in [-0.15, -0.1) is 0 Å². The van der Waals surface area contributed by atoms with Gasteiger partial charge in [0, 0.05) is 25.7 Å². The van der Waals surface area contributed by atoms with Crippen LogP contribution < -0.4 is 0 Å². The van der Waals surface area contributed by atoms with E-state index in [1.165, 1.54) is 0 Å². The summed E-state index contributed by atoms with van der Waals surface area (Å²) in [5.41, 5.74) is 0. The molecule has 0 aromatic rings. The molecule has 0 aliphatic carbocycles. The lowest BCUT2D eigenvalue weighted by molar-refractivity contribution is -0.139. The van der Waals surface area contributed by atoms with Crippen LogP contribution in [-0.4, -0.2) is 73.4 Å². The Morgan fingerprint density at radius 3 is 2.82 bits per heavy atom. The molecular formula is C12H24N2O3. The molecule has 1 heterocycles. The van der Waals surface area contributed by atoms with Gasteiger partial charge >= 0.3 is 5.97 Å². The van der Waals surface area contributed by atoms with E-state index in [1.54, 1.807) is 7.11 Å². The number of carbonyl (C=O) groups is 1. The topological polar surface area (TPSA) is 53.0 Å². The summed E-state index contributed by atoms with van der Waals surface area (Å²) in [6.07, 6.45) is 2.07. The van der Waals surface area contributed by atoms with Gasteiger partial charge in [0.1, 0.15) is 0 Å². The maximum atomic E-state index is 10.9. The number of hydrogen-bond donors (Lipinski definition) is 1. The minimum absolute atomic E-state index is 0.116. The van der Waals surface area contributed by atoms with E-state index in [1.807, 2.05) is 4.90 Å². The minimum atomic E-state index is -0.757. The molecule has 1 aliphatic heterocycles. The van der Waals surface area contributed by atoms with Crippen molar-refractivity contribution in [2.75, 3.05) is 40.4 Å². The van der Waals surface area contributed by atoms with Crippen molar-refractivity contribution in [3.8, 4) is 0 Å². The number of aliphatic carboxylic acids is 1. The summed E-state index contributed by atoms with van der Waals surface area (Å²) in [5, 5.41) is 8.94. The SMILES string of the molecule is COCCN(CC(=O)O)C1CCN(C)C(C)C1. The summed E-state index contributed by atoms with van der Waals surface area (Å²) in [6.45, 7) is 4.64. The van der Waals surface area contributed by atoms with E-state index in [2.05, 4.69) is 18.9 Å². The van der Waals surface area contributed by atoms with E-state index in [9.17, 15) is 4.79 Å². The molecule has 1 aliphatic rings. The maximum absolute atomic E-state index is 10.9. The van der Waals surface area contributed by atoms with Crippen molar-refractivity contribution >= 4 is 5.97 Å². The highest BCUT2D eigenvalue weighted by Crippen LogP contribution is 2.20. The molecule has 1 fully saturated rings. The summed E-state index contributed by atoms with van der Waals surface area (Å²) in [5.74, 6) is -0.757. The fourth-order valence-corrected chi connectivity index (χ4v) is 2.37. The number of carboxylic acids is 1. The second-order valence-corrected chi connectivity index (χ2v) is 4.86. The summed E-state index contributed by atoms with van der Waals surface area (Å²) >= 11 is 0. The zero-order valence-electron chi connectivity index (χ0n) is 11.1. The smallest absolute Gasteiger partial charge is 0.317 e. The van der Waals surface area contributed by atoms with Gasteiger partial charge in [0.15, 0.2) is 0 Å². The van der Waals surface area contributed by atoms with Gasteiger partial charge in [0.25, 0.3) is 0 Å². The lowest BCUT2D eigenvalue weighted by Crippen LogP contribution is -2.49. The van der Waals surface area contributed by atoms with Crippen LogP contribution in [0.2, 0.25) is 0 Å². The van der Waals surface area contributed by atoms with Crippen molar-refractivity contribution in [1.82, 2.24) is 9.80 Å². The molecule has 0 bridgehead atoms. The molecule has 0 spiro atoms. The number of hydrogen-bond acceptors (Lipinski definition) is 4. The first-order valence-corrected chi connectivity index (χ1v) is 6.19. The molecule has 1 N–H and O–H groups in total. The van der Waals surface area contributed by atoms with Gasteiger partial charge in [-0.1, -0.05) is 0 Å². The summed E-state index contributed by atoms with van der Waals surface area (Å²) in [4.78, 5) is 15.2. The third kappa shape index (κ3) is 4.61. The Morgan fingerprint density at radius 2 is 2.29 bits per heavy atom. The molecular weight excluding hydrogens is 220 g/mol. The Bertz CT molecular complexity index is 248. The quantitative estimate of drug-likeness (QED) is 0.737. The largest absolute Gasteiger partial charge is 0.480 e. The van der Waals surface area contributed by atoms with Crippen LogP contribution in [0.4, 0.5) is 0 Å². The summed E-state index contributed by atoms with van der Waals surface area (Å²) < 4.78 is 5.05. The maximum Gasteiger partial charge on any atom is 0.317 e. The fourth-order valence-electron chi connectivity index (χ4n) is 2.37. The van der Waals surface area contributed by atoms with Crippen molar-refractivity contribution < 1.29 is 14.6 Å². The van der Waals surface area contributed by atoms with Crippen LogP contribution in [0.25, 0.3) is 0 Å². The van der Waals surface area contributed by atoms with E-state index in [4.69, 9.17) is 9.84 Å². The Morgan fingerprint density at radius 1 is 1.59 bits per heavy atom. The van der Waals surface area contributed by atoms with Crippen molar-refractivity contribution in [1.29, 1.82) is 0 Å². The van der Waals surface area contributed by atoms with Gasteiger partial charge < -0.3 is 14.7 Å². The van der Waals surface area contributed by atoms with Crippen molar-refractivity contribution in [3.63, 3.8) is 0 Å². The highest BCUT2D eigenvalue weighted by molar-refractivity contribution is 5.69. The number of rotatable bonds is 6. The van der Waals surface area contributed by atoms with Crippen LogP contribution in [0.3, 0.4) is 0 Å². The molecule has 17 heavy (non-hydrogen) atoms. The normalized spacial score (nSPS) is 26.4. The van der Waals surface area contributed by atoms with Crippen LogP contribution in [0.5, 0.6) is 0 Å².